The van der Waals surface area contributed by atoms with Crippen LogP contribution in [0.3, 0.4) is 0 Å². The van der Waals surface area contributed by atoms with Crippen LogP contribution in [0.25, 0.3) is 11.1 Å². The van der Waals surface area contributed by atoms with Crippen LogP contribution in [0.2, 0.25) is 0 Å². The Morgan fingerprint density at radius 3 is 2.48 bits per heavy atom. The van der Waals surface area contributed by atoms with Crippen LogP contribution in [0.4, 0.5) is 4.79 Å². The summed E-state index contributed by atoms with van der Waals surface area (Å²) in [7, 11) is 0. The average Bonchev–Trinajstić information content (AvgIpc) is 3.15. The van der Waals surface area contributed by atoms with Gasteiger partial charge in [0.05, 0.1) is 44.6 Å². The number of benzene rings is 2. The fourth-order valence-electron chi connectivity index (χ4n) is 5.12. The number of ether oxygens (including phenoxy) is 3. The average molecular weight is 424 g/mol. The highest BCUT2D eigenvalue weighted by Gasteiger charge is 2.45. The molecule has 7 heteroatoms. The molecule has 3 aliphatic rings. The highest BCUT2D eigenvalue weighted by molar-refractivity contribution is 5.79. The summed E-state index contributed by atoms with van der Waals surface area (Å²) >= 11 is 0. The van der Waals surface area contributed by atoms with Crippen LogP contribution in [-0.4, -0.2) is 80.4 Å². The molecule has 2 saturated heterocycles. The third kappa shape index (κ3) is 3.72. The largest absolute Gasteiger partial charge is 0.449 e. The fraction of sp³-hybridized carbons (Fsp3) is 0.458. The van der Waals surface area contributed by atoms with Crippen molar-refractivity contribution in [3.63, 3.8) is 0 Å². The lowest BCUT2D eigenvalue weighted by Crippen LogP contribution is -2.70. The lowest BCUT2D eigenvalue weighted by molar-refractivity contribution is -0.164. The predicted octanol–water partition coefficient (Wildman–Crippen LogP) is 1.99. The van der Waals surface area contributed by atoms with Gasteiger partial charge in [-0.3, -0.25) is 4.90 Å². The maximum absolute atomic E-state index is 12.6. The minimum Gasteiger partial charge on any atom is -0.449 e. The van der Waals surface area contributed by atoms with Crippen molar-refractivity contribution in [1.82, 2.24) is 10.2 Å². The number of amides is 1. The maximum Gasteiger partial charge on any atom is 0.407 e. The number of morpholine rings is 2. The Bertz CT molecular complexity index is 904. The van der Waals surface area contributed by atoms with Gasteiger partial charge < -0.3 is 24.6 Å². The number of alkyl carbamates (subject to hydrolysis) is 1. The van der Waals surface area contributed by atoms with Crippen molar-refractivity contribution in [3.8, 4) is 11.1 Å². The van der Waals surface area contributed by atoms with Crippen molar-refractivity contribution in [2.45, 2.75) is 17.5 Å². The predicted molar refractivity (Wildman–Crippen MR) is 115 cm³/mol. The molecule has 1 aliphatic carbocycles. The molecule has 164 valence electrons. The van der Waals surface area contributed by atoms with E-state index in [4.69, 9.17) is 14.2 Å². The number of aliphatic hydroxyl groups excluding tert-OH is 1. The summed E-state index contributed by atoms with van der Waals surface area (Å²) in [6.45, 7) is 3.26. The van der Waals surface area contributed by atoms with Crippen LogP contribution in [-0.2, 0) is 14.2 Å². The summed E-state index contributed by atoms with van der Waals surface area (Å²) in [5.74, 6) is 0.0200. The number of aliphatic hydroxyl groups is 1. The van der Waals surface area contributed by atoms with Crippen LogP contribution in [0.15, 0.2) is 48.5 Å². The second kappa shape index (κ2) is 8.59. The van der Waals surface area contributed by atoms with Crippen LogP contribution in [0.5, 0.6) is 0 Å². The normalized spacial score (nSPS) is 25.4. The van der Waals surface area contributed by atoms with Gasteiger partial charge in [-0.25, -0.2) is 4.79 Å². The number of carbonyl (C=O) groups excluding carboxylic acids is 1. The molecule has 0 saturated carbocycles. The topological polar surface area (TPSA) is 80.3 Å². The summed E-state index contributed by atoms with van der Waals surface area (Å²) in [6, 6.07) is 16.6. The Hall–Kier alpha value is -2.45. The maximum atomic E-state index is 12.6. The van der Waals surface area contributed by atoms with E-state index in [1.54, 1.807) is 0 Å². The van der Waals surface area contributed by atoms with E-state index in [9.17, 15) is 9.90 Å². The van der Waals surface area contributed by atoms with E-state index >= 15 is 0 Å². The Labute approximate surface area is 181 Å². The number of fused-ring (bicyclic) bond motifs is 4. The summed E-state index contributed by atoms with van der Waals surface area (Å²) in [5, 5.41) is 13.0. The van der Waals surface area contributed by atoms with E-state index in [1.807, 2.05) is 24.3 Å². The van der Waals surface area contributed by atoms with Crippen molar-refractivity contribution >= 4 is 6.09 Å². The van der Waals surface area contributed by atoms with Crippen molar-refractivity contribution in [2.75, 3.05) is 52.7 Å². The molecule has 2 aromatic carbocycles. The molecule has 2 aromatic rings. The molecular weight excluding hydrogens is 396 g/mol. The van der Waals surface area contributed by atoms with E-state index in [0.717, 1.165) is 0 Å². The number of hydrogen-bond donors (Lipinski definition) is 2. The fourth-order valence-corrected chi connectivity index (χ4v) is 5.12. The van der Waals surface area contributed by atoms with Gasteiger partial charge in [-0.05, 0) is 22.3 Å². The Kier molecular flexibility index (Phi) is 5.67. The first kappa shape index (κ1) is 20.5. The Balaban J connectivity index is 1.23. The smallest absolute Gasteiger partial charge is 0.407 e. The summed E-state index contributed by atoms with van der Waals surface area (Å²) in [5.41, 5.74) is 4.10. The van der Waals surface area contributed by atoms with E-state index < -0.39 is 11.6 Å². The van der Waals surface area contributed by atoms with E-state index in [2.05, 4.69) is 34.5 Å². The number of nitrogens with one attached hydrogen (secondary N) is 1. The quantitative estimate of drug-likeness (QED) is 0.764. The van der Waals surface area contributed by atoms with Crippen molar-refractivity contribution < 1.29 is 24.1 Å². The molecule has 0 spiro atoms. The van der Waals surface area contributed by atoms with Gasteiger partial charge in [0.1, 0.15) is 6.61 Å². The zero-order valence-electron chi connectivity index (χ0n) is 17.5. The minimum absolute atomic E-state index is 0.0200. The molecule has 7 nitrogen and oxygen atoms in total. The number of carbonyl (C=O) groups is 1. The van der Waals surface area contributed by atoms with Gasteiger partial charge >= 0.3 is 6.09 Å². The first-order valence-electron chi connectivity index (χ1n) is 10.8. The van der Waals surface area contributed by atoms with Crippen molar-refractivity contribution in [1.29, 1.82) is 0 Å². The molecule has 2 heterocycles. The first-order valence-corrected chi connectivity index (χ1v) is 10.8. The molecule has 1 amide bonds. The van der Waals surface area contributed by atoms with Gasteiger partial charge in [-0.1, -0.05) is 48.5 Å². The standard InChI is InChI=1S/C24H28N2O5/c27-15-24(16-30-12-17-11-29-10-9-26(17)24)14-25-23(28)31-13-22-20-7-3-1-5-18(20)19-6-2-4-8-21(19)22/h1-8,17,22,27H,9-16H2,(H,25,28). The van der Waals surface area contributed by atoms with Gasteiger partial charge in [0.25, 0.3) is 0 Å². The molecule has 2 aliphatic heterocycles. The zero-order chi connectivity index (χ0) is 21.3. The second-order valence-electron chi connectivity index (χ2n) is 8.50. The molecule has 0 bridgehead atoms. The lowest BCUT2D eigenvalue weighted by atomic mass is 9.94. The number of rotatable bonds is 5. The van der Waals surface area contributed by atoms with Crippen molar-refractivity contribution in [2.24, 2.45) is 0 Å². The van der Waals surface area contributed by atoms with Crippen LogP contribution < -0.4 is 5.32 Å². The molecule has 2 fully saturated rings. The first-order chi connectivity index (χ1) is 15.2. The summed E-state index contributed by atoms with van der Waals surface area (Å²) in [6.07, 6.45) is -0.481. The monoisotopic (exact) mass is 424 g/mol. The molecular formula is C24H28N2O5. The van der Waals surface area contributed by atoms with Crippen LogP contribution in [0.1, 0.15) is 17.0 Å². The van der Waals surface area contributed by atoms with Crippen LogP contribution >= 0.6 is 0 Å². The minimum atomic E-state index is -0.654. The van der Waals surface area contributed by atoms with Gasteiger partial charge in [0.15, 0.2) is 0 Å². The SMILES string of the molecule is O=C(NCC1(CO)COCC2COCCN21)OCC1c2ccccc2-c2ccccc21. The number of nitrogens with zero attached hydrogens (tertiary/aromatic N) is 1. The molecule has 2 N–H and O–H groups in total. The van der Waals surface area contributed by atoms with E-state index in [0.29, 0.717) is 33.0 Å². The second-order valence-corrected chi connectivity index (χ2v) is 8.50. The zero-order valence-corrected chi connectivity index (χ0v) is 17.5. The molecule has 5 rings (SSSR count). The lowest BCUT2D eigenvalue weighted by Gasteiger charge is -2.51. The third-order valence-electron chi connectivity index (χ3n) is 6.72. The Morgan fingerprint density at radius 1 is 1.10 bits per heavy atom. The highest BCUT2D eigenvalue weighted by Crippen LogP contribution is 2.44. The van der Waals surface area contributed by atoms with Gasteiger partial charge in [0.2, 0.25) is 0 Å². The molecule has 2 unspecified atom stereocenters. The summed E-state index contributed by atoms with van der Waals surface area (Å²) in [4.78, 5) is 14.8. The summed E-state index contributed by atoms with van der Waals surface area (Å²) < 4.78 is 16.9. The molecule has 0 radical (unpaired) electrons. The van der Waals surface area contributed by atoms with Gasteiger partial charge in [-0.2, -0.15) is 0 Å². The molecule has 0 aromatic heterocycles. The Morgan fingerprint density at radius 2 is 1.77 bits per heavy atom. The molecule has 31 heavy (non-hydrogen) atoms. The highest BCUT2D eigenvalue weighted by atomic mass is 16.5. The van der Waals surface area contributed by atoms with Crippen LogP contribution in [0, 0.1) is 0 Å². The number of hydrogen-bond acceptors (Lipinski definition) is 6. The van der Waals surface area contributed by atoms with Crippen molar-refractivity contribution in [3.05, 3.63) is 59.7 Å². The van der Waals surface area contributed by atoms with E-state index in [-0.39, 0.29) is 31.7 Å². The van der Waals surface area contributed by atoms with E-state index in [1.165, 1.54) is 22.3 Å². The third-order valence-corrected chi connectivity index (χ3v) is 6.72. The molecule has 2 atom stereocenters. The van der Waals surface area contributed by atoms with Gasteiger partial charge in [0, 0.05) is 19.0 Å². The van der Waals surface area contributed by atoms with Gasteiger partial charge in [-0.15, -0.1) is 0 Å².